The molecule has 0 saturated heterocycles. The third-order valence-electron chi connectivity index (χ3n) is 1.82. The molecular weight excluding hydrogens is 188 g/mol. The average molecular weight is 202 g/mol. The predicted molar refractivity (Wildman–Crippen MR) is 59.4 cm³/mol. The van der Waals surface area contributed by atoms with Crippen molar-refractivity contribution >= 4 is 5.90 Å². The van der Waals surface area contributed by atoms with Crippen LogP contribution in [0.2, 0.25) is 0 Å². The Morgan fingerprint density at radius 1 is 1.40 bits per heavy atom. The molecule has 1 rings (SSSR count). The Morgan fingerprint density at radius 3 is 2.73 bits per heavy atom. The minimum Gasteiger partial charge on any atom is -0.481 e. The van der Waals surface area contributed by atoms with E-state index in [0.29, 0.717) is 19.0 Å². The lowest BCUT2D eigenvalue weighted by molar-refractivity contribution is 0.319. The molecule has 0 fully saturated rings. The first-order valence-electron chi connectivity index (χ1n) is 4.93. The minimum absolute atomic E-state index is 0.237. The van der Waals surface area contributed by atoms with Crippen LogP contribution in [0.4, 0.5) is 0 Å². The zero-order chi connectivity index (χ0) is 10.9. The largest absolute Gasteiger partial charge is 0.481 e. The van der Waals surface area contributed by atoms with Crippen molar-refractivity contribution < 1.29 is 4.74 Å². The Hall–Kier alpha value is -1.82. The Kier molecular flexibility index (Phi) is 4.96. The zero-order valence-electron chi connectivity index (χ0n) is 8.81. The van der Waals surface area contributed by atoms with Gasteiger partial charge in [-0.2, -0.15) is 5.26 Å². The fourth-order valence-electron chi connectivity index (χ4n) is 1.15. The van der Waals surface area contributed by atoms with E-state index in [2.05, 4.69) is 4.99 Å². The summed E-state index contributed by atoms with van der Waals surface area (Å²) in [7, 11) is 0. The standard InChI is InChI=1S/C12H14N2O/c1-2-15-12(8-9-13)14-10-11-6-4-3-5-7-11/h3-7H,2,8,10H2,1H3. The summed E-state index contributed by atoms with van der Waals surface area (Å²) in [4.78, 5) is 4.25. The highest BCUT2D eigenvalue weighted by atomic mass is 16.5. The van der Waals surface area contributed by atoms with E-state index in [1.54, 1.807) is 0 Å². The van der Waals surface area contributed by atoms with Crippen LogP contribution in [-0.2, 0) is 11.3 Å². The molecule has 0 N–H and O–H groups in total. The SMILES string of the molecule is CCOC(CC#N)=NCc1ccccc1. The Balaban J connectivity index is 2.57. The molecule has 0 amide bonds. The van der Waals surface area contributed by atoms with Gasteiger partial charge < -0.3 is 4.74 Å². The van der Waals surface area contributed by atoms with Crippen LogP contribution >= 0.6 is 0 Å². The van der Waals surface area contributed by atoms with E-state index < -0.39 is 0 Å². The summed E-state index contributed by atoms with van der Waals surface area (Å²) in [6.45, 7) is 3.00. The molecule has 0 aliphatic carbocycles. The van der Waals surface area contributed by atoms with Crippen molar-refractivity contribution in [3.8, 4) is 6.07 Å². The molecule has 0 heterocycles. The number of benzene rings is 1. The lowest BCUT2D eigenvalue weighted by atomic mass is 10.2. The van der Waals surface area contributed by atoms with Crippen molar-refractivity contribution in [2.24, 2.45) is 4.99 Å². The third-order valence-corrected chi connectivity index (χ3v) is 1.82. The second-order valence-electron chi connectivity index (χ2n) is 2.96. The minimum atomic E-state index is 0.237. The van der Waals surface area contributed by atoms with E-state index in [-0.39, 0.29) is 6.42 Å². The van der Waals surface area contributed by atoms with Gasteiger partial charge in [-0.1, -0.05) is 30.3 Å². The molecule has 3 heteroatoms. The van der Waals surface area contributed by atoms with Gasteiger partial charge in [0.2, 0.25) is 0 Å². The monoisotopic (exact) mass is 202 g/mol. The maximum absolute atomic E-state index is 8.55. The number of nitriles is 1. The number of hydrogen-bond acceptors (Lipinski definition) is 3. The van der Waals surface area contributed by atoms with Gasteiger partial charge in [0, 0.05) is 0 Å². The second-order valence-corrected chi connectivity index (χ2v) is 2.96. The van der Waals surface area contributed by atoms with Crippen LogP contribution in [-0.4, -0.2) is 12.5 Å². The molecular formula is C12H14N2O. The van der Waals surface area contributed by atoms with E-state index in [1.807, 2.05) is 43.3 Å². The van der Waals surface area contributed by atoms with Crippen molar-refractivity contribution in [1.82, 2.24) is 0 Å². The van der Waals surface area contributed by atoms with E-state index in [4.69, 9.17) is 10.00 Å². The first-order valence-corrected chi connectivity index (χ1v) is 4.93. The summed E-state index contributed by atoms with van der Waals surface area (Å²) in [6.07, 6.45) is 0.237. The molecule has 15 heavy (non-hydrogen) atoms. The van der Waals surface area contributed by atoms with Crippen molar-refractivity contribution in [3.05, 3.63) is 35.9 Å². The summed E-state index contributed by atoms with van der Waals surface area (Å²) >= 11 is 0. The first kappa shape index (κ1) is 11.3. The van der Waals surface area contributed by atoms with Crippen LogP contribution in [0.3, 0.4) is 0 Å². The topological polar surface area (TPSA) is 45.4 Å². The van der Waals surface area contributed by atoms with Crippen LogP contribution in [0, 0.1) is 11.3 Å². The highest BCUT2D eigenvalue weighted by Gasteiger charge is 1.97. The van der Waals surface area contributed by atoms with Crippen LogP contribution in [0.15, 0.2) is 35.3 Å². The summed E-state index contributed by atoms with van der Waals surface area (Å²) in [6, 6.07) is 11.9. The zero-order valence-corrected chi connectivity index (χ0v) is 8.81. The number of rotatable bonds is 4. The molecule has 0 aromatic heterocycles. The van der Waals surface area contributed by atoms with Gasteiger partial charge in [0.05, 0.1) is 19.2 Å². The molecule has 0 unspecified atom stereocenters. The summed E-state index contributed by atoms with van der Waals surface area (Å²) in [5, 5.41) is 8.55. The van der Waals surface area contributed by atoms with Gasteiger partial charge >= 0.3 is 0 Å². The number of nitrogens with zero attached hydrogens (tertiary/aromatic N) is 2. The van der Waals surface area contributed by atoms with E-state index in [9.17, 15) is 0 Å². The summed E-state index contributed by atoms with van der Waals surface area (Å²) in [5.41, 5.74) is 1.12. The lowest BCUT2D eigenvalue weighted by Gasteiger charge is -2.03. The normalized spacial score (nSPS) is 10.8. The molecule has 3 nitrogen and oxygen atoms in total. The van der Waals surface area contributed by atoms with Crippen LogP contribution in [0.1, 0.15) is 18.9 Å². The number of ether oxygens (including phenoxy) is 1. The van der Waals surface area contributed by atoms with Gasteiger partial charge in [-0.15, -0.1) is 0 Å². The maximum Gasteiger partial charge on any atom is 0.198 e. The fourth-order valence-corrected chi connectivity index (χ4v) is 1.15. The van der Waals surface area contributed by atoms with E-state index >= 15 is 0 Å². The molecule has 78 valence electrons. The molecule has 1 aromatic carbocycles. The van der Waals surface area contributed by atoms with Gasteiger partial charge in [0.25, 0.3) is 0 Å². The third kappa shape index (κ3) is 4.28. The molecule has 0 spiro atoms. The molecule has 0 bridgehead atoms. The second kappa shape index (κ2) is 6.61. The molecule has 0 radical (unpaired) electrons. The Bertz CT molecular complexity index is 352. The first-order chi connectivity index (χ1) is 7.36. The molecule has 0 aliphatic heterocycles. The quantitative estimate of drug-likeness (QED) is 0.556. The van der Waals surface area contributed by atoms with Gasteiger partial charge in [-0.05, 0) is 12.5 Å². The fraction of sp³-hybridized carbons (Fsp3) is 0.333. The summed E-state index contributed by atoms with van der Waals surface area (Å²) < 4.78 is 5.23. The van der Waals surface area contributed by atoms with Crippen LogP contribution < -0.4 is 0 Å². The number of hydrogen-bond donors (Lipinski definition) is 0. The molecule has 0 aliphatic rings. The maximum atomic E-state index is 8.55. The Morgan fingerprint density at radius 2 is 2.13 bits per heavy atom. The number of aliphatic imine (C=N–C) groups is 1. The molecule has 0 saturated carbocycles. The van der Waals surface area contributed by atoms with Gasteiger partial charge in [-0.3, -0.25) is 0 Å². The molecule has 1 aromatic rings. The highest BCUT2D eigenvalue weighted by Crippen LogP contribution is 2.01. The van der Waals surface area contributed by atoms with E-state index in [0.717, 1.165) is 5.56 Å². The van der Waals surface area contributed by atoms with Crippen molar-refractivity contribution in [2.45, 2.75) is 19.9 Å². The smallest absolute Gasteiger partial charge is 0.198 e. The average Bonchev–Trinajstić information content (AvgIpc) is 2.28. The highest BCUT2D eigenvalue weighted by molar-refractivity contribution is 5.78. The predicted octanol–water partition coefficient (Wildman–Crippen LogP) is 2.54. The van der Waals surface area contributed by atoms with Crippen LogP contribution in [0.5, 0.6) is 0 Å². The van der Waals surface area contributed by atoms with Gasteiger partial charge in [0.1, 0.15) is 6.42 Å². The van der Waals surface area contributed by atoms with Crippen molar-refractivity contribution in [3.63, 3.8) is 0 Å². The van der Waals surface area contributed by atoms with Crippen molar-refractivity contribution in [2.75, 3.05) is 6.61 Å². The Labute approximate surface area is 90.0 Å². The van der Waals surface area contributed by atoms with Gasteiger partial charge in [-0.25, -0.2) is 4.99 Å². The van der Waals surface area contributed by atoms with Crippen LogP contribution in [0.25, 0.3) is 0 Å². The van der Waals surface area contributed by atoms with Gasteiger partial charge in [0.15, 0.2) is 5.90 Å². The summed E-state index contributed by atoms with van der Waals surface area (Å²) in [5.74, 6) is 0.517. The van der Waals surface area contributed by atoms with E-state index in [1.165, 1.54) is 0 Å². The molecule has 0 atom stereocenters. The lowest BCUT2D eigenvalue weighted by Crippen LogP contribution is -2.04. The van der Waals surface area contributed by atoms with Crippen molar-refractivity contribution in [1.29, 1.82) is 5.26 Å².